The first kappa shape index (κ1) is 18.4. The van der Waals surface area contributed by atoms with Crippen molar-refractivity contribution >= 4 is 22.9 Å². The second-order valence-electron chi connectivity index (χ2n) is 6.38. The highest BCUT2D eigenvalue weighted by molar-refractivity contribution is 5.99. The molecule has 3 aromatic heterocycles. The van der Waals surface area contributed by atoms with E-state index in [0.717, 1.165) is 11.1 Å². The Morgan fingerprint density at radius 3 is 2.72 bits per heavy atom. The fraction of sp³-hybridized carbons (Fsp3) is 0.150. The van der Waals surface area contributed by atoms with Gasteiger partial charge < -0.3 is 20.0 Å². The molecule has 1 atom stereocenters. The van der Waals surface area contributed by atoms with Crippen LogP contribution in [0.4, 0.5) is 0 Å². The lowest BCUT2D eigenvalue weighted by atomic mass is 10.1. The lowest BCUT2D eigenvalue weighted by Gasteiger charge is -2.15. The quantitative estimate of drug-likeness (QED) is 0.432. The summed E-state index contributed by atoms with van der Waals surface area (Å²) in [5, 5.41) is 2.72. The van der Waals surface area contributed by atoms with Crippen LogP contribution >= 0.6 is 0 Å². The number of nitrogens with one attached hydrogen (secondary N) is 3. The van der Waals surface area contributed by atoms with E-state index in [1.165, 1.54) is 13.4 Å². The maximum absolute atomic E-state index is 12.7. The number of carbonyl (C=O) groups is 2. The van der Waals surface area contributed by atoms with Crippen LogP contribution < -0.4 is 5.32 Å². The van der Waals surface area contributed by atoms with Gasteiger partial charge in [-0.1, -0.05) is 0 Å². The third-order valence-corrected chi connectivity index (χ3v) is 4.47. The molecule has 0 saturated carbocycles. The number of hydrogen-bond donors (Lipinski definition) is 3. The number of aromatic amines is 2. The molecular weight excluding hydrogens is 372 g/mol. The number of benzene rings is 1. The summed E-state index contributed by atoms with van der Waals surface area (Å²) in [5.41, 5.74) is 3.46. The summed E-state index contributed by atoms with van der Waals surface area (Å²) >= 11 is 0. The van der Waals surface area contributed by atoms with Crippen LogP contribution in [0.15, 0.2) is 55.2 Å². The Kier molecular flexibility index (Phi) is 5.02. The van der Waals surface area contributed by atoms with Gasteiger partial charge in [0.1, 0.15) is 11.9 Å². The molecule has 0 spiro atoms. The Labute approximate surface area is 165 Å². The first-order valence-electron chi connectivity index (χ1n) is 8.90. The number of esters is 1. The molecule has 3 heterocycles. The van der Waals surface area contributed by atoms with Gasteiger partial charge in [0, 0.05) is 41.8 Å². The summed E-state index contributed by atoms with van der Waals surface area (Å²) < 4.78 is 4.81. The molecule has 0 aliphatic heterocycles. The van der Waals surface area contributed by atoms with Crippen molar-refractivity contribution in [2.24, 2.45) is 0 Å². The van der Waals surface area contributed by atoms with Gasteiger partial charge in [-0.15, -0.1) is 0 Å². The van der Waals surface area contributed by atoms with Crippen molar-refractivity contribution in [2.75, 3.05) is 7.11 Å². The van der Waals surface area contributed by atoms with E-state index in [4.69, 9.17) is 4.74 Å². The first-order valence-corrected chi connectivity index (χ1v) is 8.90. The van der Waals surface area contributed by atoms with Crippen LogP contribution in [-0.4, -0.2) is 49.9 Å². The van der Waals surface area contributed by atoms with Gasteiger partial charge in [0.2, 0.25) is 0 Å². The van der Waals surface area contributed by atoms with Gasteiger partial charge in [0.25, 0.3) is 5.91 Å². The fourth-order valence-electron chi connectivity index (χ4n) is 2.99. The number of H-pyrrole nitrogens is 2. The second kappa shape index (κ2) is 7.93. The van der Waals surface area contributed by atoms with Crippen LogP contribution in [-0.2, 0) is 16.0 Å². The number of nitrogens with zero attached hydrogens (tertiary/aromatic N) is 3. The molecular formula is C20H18N6O3. The van der Waals surface area contributed by atoms with Crippen LogP contribution in [0.25, 0.3) is 22.4 Å². The van der Waals surface area contributed by atoms with Gasteiger partial charge in [0.15, 0.2) is 0 Å². The highest BCUT2D eigenvalue weighted by Gasteiger charge is 2.23. The van der Waals surface area contributed by atoms with E-state index in [9.17, 15) is 9.59 Å². The third-order valence-electron chi connectivity index (χ3n) is 4.47. The zero-order valence-corrected chi connectivity index (χ0v) is 15.5. The average Bonchev–Trinajstić information content (AvgIpc) is 3.42. The van der Waals surface area contributed by atoms with Gasteiger partial charge in [0.05, 0.1) is 24.5 Å². The van der Waals surface area contributed by atoms with Crippen LogP contribution in [0.2, 0.25) is 0 Å². The second-order valence-corrected chi connectivity index (χ2v) is 6.38. The Balaban J connectivity index is 1.56. The molecule has 0 radical (unpaired) electrons. The van der Waals surface area contributed by atoms with Gasteiger partial charge in [-0.2, -0.15) is 0 Å². The monoisotopic (exact) mass is 390 g/mol. The number of fused-ring (bicyclic) bond motifs is 1. The van der Waals surface area contributed by atoms with Gasteiger partial charge in [-0.3, -0.25) is 9.78 Å². The Hall–Kier alpha value is -4.01. The zero-order chi connectivity index (χ0) is 20.2. The van der Waals surface area contributed by atoms with Crippen LogP contribution in [0.3, 0.4) is 0 Å². The number of rotatable bonds is 6. The molecule has 0 saturated heterocycles. The molecule has 4 aromatic rings. The van der Waals surface area contributed by atoms with Gasteiger partial charge in [-0.05, 0) is 30.3 Å². The molecule has 0 fully saturated rings. The van der Waals surface area contributed by atoms with Crippen molar-refractivity contribution < 1.29 is 14.3 Å². The Bertz CT molecular complexity index is 1140. The van der Waals surface area contributed by atoms with Crippen molar-refractivity contribution in [2.45, 2.75) is 12.5 Å². The SMILES string of the molecule is COC(=O)C(Cc1cnc[nH]1)NC(=O)c1ccc2nc(-c3ccncc3)[nH]c2c1. The molecule has 4 rings (SSSR count). The number of imidazole rings is 2. The molecule has 9 nitrogen and oxygen atoms in total. The summed E-state index contributed by atoms with van der Waals surface area (Å²) in [6.45, 7) is 0. The first-order chi connectivity index (χ1) is 14.1. The number of methoxy groups -OCH3 is 1. The predicted molar refractivity (Wildman–Crippen MR) is 105 cm³/mol. The number of amides is 1. The minimum Gasteiger partial charge on any atom is -0.467 e. The van der Waals surface area contributed by atoms with Crippen LogP contribution in [0.5, 0.6) is 0 Å². The number of carbonyl (C=O) groups excluding carboxylic acids is 2. The van der Waals surface area contributed by atoms with E-state index < -0.39 is 12.0 Å². The number of pyridine rings is 1. The average molecular weight is 390 g/mol. The summed E-state index contributed by atoms with van der Waals surface area (Å²) in [6.07, 6.45) is 6.73. The maximum Gasteiger partial charge on any atom is 0.328 e. The van der Waals surface area contributed by atoms with Crippen LogP contribution in [0, 0.1) is 0 Å². The van der Waals surface area contributed by atoms with E-state index >= 15 is 0 Å². The summed E-state index contributed by atoms with van der Waals surface area (Å²) in [7, 11) is 1.28. The normalized spacial score (nSPS) is 11.9. The van der Waals surface area contributed by atoms with E-state index in [1.54, 1.807) is 36.8 Å². The van der Waals surface area contributed by atoms with Crippen LogP contribution in [0.1, 0.15) is 16.1 Å². The zero-order valence-electron chi connectivity index (χ0n) is 15.5. The predicted octanol–water partition coefficient (Wildman–Crippen LogP) is 1.86. The van der Waals surface area contributed by atoms with Crippen molar-refractivity contribution in [3.8, 4) is 11.4 Å². The van der Waals surface area contributed by atoms with E-state index in [1.807, 2.05) is 12.1 Å². The molecule has 29 heavy (non-hydrogen) atoms. The Morgan fingerprint density at radius 2 is 2.00 bits per heavy atom. The van der Waals surface area contributed by atoms with E-state index in [2.05, 4.69) is 30.2 Å². The molecule has 146 valence electrons. The molecule has 9 heteroatoms. The molecule has 0 aliphatic carbocycles. The smallest absolute Gasteiger partial charge is 0.328 e. The highest BCUT2D eigenvalue weighted by Crippen LogP contribution is 2.21. The molecule has 1 unspecified atom stereocenters. The van der Waals surface area contributed by atoms with Crippen molar-refractivity contribution in [3.05, 3.63) is 66.5 Å². The molecule has 0 aliphatic rings. The van der Waals surface area contributed by atoms with Gasteiger partial charge in [-0.25, -0.2) is 14.8 Å². The Morgan fingerprint density at radius 1 is 1.17 bits per heavy atom. The molecule has 1 aromatic carbocycles. The standard InChI is InChI=1S/C20H18N6O3/c1-29-20(28)17(9-14-10-22-11-23-14)26-19(27)13-2-3-15-16(8-13)25-18(24-15)12-4-6-21-7-5-12/h2-8,10-11,17H,9H2,1H3,(H,22,23)(H,24,25)(H,26,27). The van der Waals surface area contributed by atoms with Gasteiger partial charge >= 0.3 is 5.97 Å². The van der Waals surface area contributed by atoms with Crippen molar-refractivity contribution in [1.29, 1.82) is 0 Å². The molecule has 3 N–H and O–H groups in total. The lowest BCUT2D eigenvalue weighted by Crippen LogP contribution is -2.43. The number of hydrogen-bond acceptors (Lipinski definition) is 6. The van der Waals surface area contributed by atoms with Crippen molar-refractivity contribution in [1.82, 2.24) is 30.2 Å². The number of ether oxygens (including phenoxy) is 1. The molecule has 1 amide bonds. The maximum atomic E-state index is 12.7. The summed E-state index contributed by atoms with van der Waals surface area (Å²) in [4.78, 5) is 43.4. The lowest BCUT2D eigenvalue weighted by molar-refractivity contribution is -0.142. The van der Waals surface area contributed by atoms with Crippen molar-refractivity contribution in [3.63, 3.8) is 0 Å². The fourth-order valence-corrected chi connectivity index (χ4v) is 2.99. The molecule has 0 bridgehead atoms. The summed E-state index contributed by atoms with van der Waals surface area (Å²) in [5.74, 6) is -0.232. The number of aromatic nitrogens is 5. The minimum absolute atomic E-state index is 0.247. The minimum atomic E-state index is -0.835. The highest BCUT2D eigenvalue weighted by atomic mass is 16.5. The van der Waals surface area contributed by atoms with E-state index in [0.29, 0.717) is 22.6 Å². The topological polar surface area (TPSA) is 126 Å². The van der Waals surface area contributed by atoms with E-state index in [-0.39, 0.29) is 12.3 Å². The third kappa shape index (κ3) is 3.98. The largest absolute Gasteiger partial charge is 0.467 e. The summed E-state index contributed by atoms with van der Waals surface area (Å²) in [6, 6.07) is 7.99.